The number of thioether (sulfide) groups is 1. The van der Waals surface area contributed by atoms with E-state index in [9.17, 15) is 4.79 Å². The number of rotatable bonds is 9. The molecule has 0 radical (unpaired) electrons. The fourth-order valence-electron chi connectivity index (χ4n) is 2.76. The van der Waals surface area contributed by atoms with Gasteiger partial charge in [0, 0.05) is 23.4 Å². The summed E-state index contributed by atoms with van der Waals surface area (Å²) in [5.41, 5.74) is 1.75. The van der Waals surface area contributed by atoms with Crippen molar-refractivity contribution in [1.29, 1.82) is 0 Å². The van der Waals surface area contributed by atoms with E-state index in [1.807, 2.05) is 60.0 Å². The molecule has 1 aromatic heterocycles. The molecule has 0 saturated heterocycles. The fraction of sp³-hybridized carbons (Fsp3) is 0.286. The molecule has 0 aliphatic rings. The molecule has 0 saturated carbocycles. The van der Waals surface area contributed by atoms with E-state index >= 15 is 0 Å². The largest absolute Gasteiger partial charge is 0.494 e. The van der Waals surface area contributed by atoms with Crippen LogP contribution < -0.4 is 4.74 Å². The van der Waals surface area contributed by atoms with Crippen molar-refractivity contribution in [2.75, 3.05) is 12.4 Å². The summed E-state index contributed by atoms with van der Waals surface area (Å²) in [5, 5.41) is 10.2. The number of aromatic nitrogens is 3. The average Bonchev–Trinajstić information content (AvgIpc) is 3.10. The van der Waals surface area contributed by atoms with Crippen LogP contribution in [0.2, 0.25) is 5.02 Å². The van der Waals surface area contributed by atoms with E-state index in [-0.39, 0.29) is 5.78 Å². The number of ether oxygens (including phenoxy) is 1. The molecule has 7 heteroatoms. The topological polar surface area (TPSA) is 57.0 Å². The minimum atomic E-state index is 0.199. The third kappa shape index (κ3) is 4.94. The molecule has 0 fully saturated rings. The second kappa shape index (κ2) is 9.75. The van der Waals surface area contributed by atoms with Crippen molar-refractivity contribution in [2.45, 2.75) is 31.8 Å². The molecule has 0 aliphatic carbocycles. The molecule has 1 heterocycles. The maximum absolute atomic E-state index is 11.2. The number of carbonyl (C=O) groups is 1. The van der Waals surface area contributed by atoms with Crippen molar-refractivity contribution in [3.63, 3.8) is 0 Å². The molecule has 28 heavy (non-hydrogen) atoms. The van der Waals surface area contributed by atoms with Crippen molar-refractivity contribution < 1.29 is 9.53 Å². The van der Waals surface area contributed by atoms with Gasteiger partial charge in [0.2, 0.25) is 0 Å². The quantitative estimate of drug-likeness (QED) is 0.343. The van der Waals surface area contributed by atoms with Crippen molar-refractivity contribution in [3.8, 4) is 22.8 Å². The normalized spacial score (nSPS) is 10.8. The first kappa shape index (κ1) is 20.4. The van der Waals surface area contributed by atoms with Crippen LogP contribution in [0.25, 0.3) is 17.1 Å². The Morgan fingerprint density at radius 2 is 1.89 bits per heavy atom. The SMILES string of the molecule is CCOc1ccc(-n2c(SCCCC(C)=O)nnc2-c2ccccc2Cl)cc1. The highest BCUT2D eigenvalue weighted by Gasteiger charge is 2.18. The molecule has 0 bridgehead atoms. The predicted octanol–water partition coefficient (Wildman–Crippen LogP) is 5.45. The van der Waals surface area contributed by atoms with E-state index in [4.69, 9.17) is 16.3 Å². The van der Waals surface area contributed by atoms with Gasteiger partial charge in [-0.3, -0.25) is 4.57 Å². The summed E-state index contributed by atoms with van der Waals surface area (Å²) in [6, 6.07) is 15.4. The third-order valence-corrected chi connectivity index (χ3v) is 5.40. The Morgan fingerprint density at radius 3 is 2.57 bits per heavy atom. The Bertz CT molecular complexity index is 941. The molecule has 2 aromatic carbocycles. The molecule has 0 spiro atoms. The zero-order valence-electron chi connectivity index (χ0n) is 15.9. The first-order valence-corrected chi connectivity index (χ1v) is 10.5. The molecular formula is C21H22ClN3O2S. The van der Waals surface area contributed by atoms with Gasteiger partial charge in [0.25, 0.3) is 0 Å². The standard InChI is InChI=1S/C21H22ClN3O2S/c1-3-27-17-12-10-16(11-13-17)25-20(18-8-4-5-9-19(18)22)23-24-21(25)28-14-6-7-15(2)26/h4-5,8-13H,3,6-7,14H2,1-2H3. The van der Waals surface area contributed by atoms with Crippen LogP contribution in [0.15, 0.2) is 53.7 Å². The first-order valence-electron chi connectivity index (χ1n) is 9.16. The van der Waals surface area contributed by atoms with Crippen LogP contribution in [0.5, 0.6) is 5.75 Å². The number of hydrogen-bond donors (Lipinski definition) is 0. The molecular weight excluding hydrogens is 394 g/mol. The van der Waals surface area contributed by atoms with E-state index in [2.05, 4.69) is 10.2 Å². The summed E-state index contributed by atoms with van der Waals surface area (Å²) in [4.78, 5) is 11.2. The van der Waals surface area contributed by atoms with Crippen LogP contribution in [0.1, 0.15) is 26.7 Å². The zero-order chi connectivity index (χ0) is 19.9. The van der Waals surface area contributed by atoms with Crippen LogP contribution in [0, 0.1) is 0 Å². The number of nitrogens with zero attached hydrogens (tertiary/aromatic N) is 3. The summed E-state index contributed by atoms with van der Waals surface area (Å²) < 4.78 is 7.54. The molecule has 146 valence electrons. The minimum Gasteiger partial charge on any atom is -0.494 e. The van der Waals surface area contributed by atoms with Gasteiger partial charge in [-0.25, -0.2) is 0 Å². The van der Waals surface area contributed by atoms with Crippen molar-refractivity contribution in [3.05, 3.63) is 53.6 Å². The number of carbonyl (C=O) groups excluding carboxylic acids is 1. The number of benzene rings is 2. The predicted molar refractivity (Wildman–Crippen MR) is 114 cm³/mol. The number of ketones is 1. The number of halogens is 1. The smallest absolute Gasteiger partial charge is 0.196 e. The fourth-order valence-corrected chi connectivity index (χ4v) is 3.87. The van der Waals surface area contributed by atoms with Gasteiger partial charge in [-0.05, 0) is 56.7 Å². The average molecular weight is 416 g/mol. The van der Waals surface area contributed by atoms with Crippen LogP contribution in [0.4, 0.5) is 0 Å². The van der Waals surface area contributed by atoms with E-state index in [1.54, 1.807) is 18.7 Å². The highest BCUT2D eigenvalue weighted by Crippen LogP contribution is 2.32. The molecule has 5 nitrogen and oxygen atoms in total. The molecule has 3 aromatic rings. The lowest BCUT2D eigenvalue weighted by Gasteiger charge is -2.12. The van der Waals surface area contributed by atoms with Crippen LogP contribution in [-0.2, 0) is 4.79 Å². The number of Topliss-reactive ketones (excluding diaryl/α,β-unsaturated/α-hetero) is 1. The summed E-state index contributed by atoms with van der Waals surface area (Å²) in [7, 11) is 0. The van der Waals surface area contributed by atoms with E-state index in [0.717, 1.165) is 34.3 Å². The Hall–Kier alpha value is -2.31. The van der Waals surface area contributed by atoms with Gasteiger partial charge >= 0.3 is 0 Å². The van der Waals surface area contributed by atoms with Gasteiger partial charge in [0.1, 0.15) is 11.5 Å². The molecule has 0 amide bonds. The molecule has 3 rings (SSSR count). The maximum atomic E-state index is 11.2. The maximum Gasteiger partial charge on any atom is 0.196 e. The van der Waals surface area contributed by atoms with Gasteiger partial charge in [-0.15, -0.1) is 10.2 Å². The Labute approximate surface area is 174 Å². The summed E-state index contributed by atoms with van der Waals surface area (Å²) in [5.74, 6) is 2.49. The molecule has 0 atom stereocenters. The molecule has 0 unspecified atom stereocenters. The van der Waals surface area contributed by atoms with Gasteiger partial charge in [0.15, 0.2) is 11.0 Å². The number of hydrogen-bond acceptors (Lipinski definition) is 5. The minimum absolute atomic E-state index is 0.199. The first-order chi connectivity index (χ1) is 13.6. The lowest BCUT2D eigenvalue weighted by Crippen LogP contribution is -2.01. The van der Waals surface area contributed by atoms with E-state index in [0.29, 0.717) is 23.9 Å². The van der Waals surface area contributed by atoms with Crippen LogP contribution in [0.3, 0.4) is 0 Å². The highest BCUT2D eigenvalue weighted by atomic mass is 35.5. The zero-order valence-corrected chi connectivity index (χ0v) is 17.5. The Kier molecular flexibility index (Phi) is 7.12. The van der Waals surface area contributed by atoms with Crippen molar-refractivity contribution in [1.82, 2.24) is 14.8 Å². The van der Waals surface area contributed by atoms with Crippen LogP contribution >= 0.6 is 23.4 Å². The second-order valence-corrected chi connectivity index (χ2v) is 7.67. The molecule has 0 aliphatic heterocycles. The second-order valence-electron chi connectivity index (χ2n) is 6.20. The van der Waals surface area contributed by atoms with Gasteiger partial charge in [0.05, 0.1) is 11.6 Å². The van der Waals surface area contributed by atoms with Gasteiger partial charge < -0.3 is 9.53 Å². The summed E-state index contributed by atoms with van der Waals surface area (Å²) in [6.45, 7) is 4.19. The van der Waals surface area contributed by atoms with Crippen molar-refractivity contribution in [2.24, 2.45) is 0 Å². The summed E-state index contributed by atoms with van der Waals surface area (Å²) >= 11 is 7.99. The van der Waals surface area contributed by atoms with Gasteiger partial charge in [-0.2, -0.15) is 0 Å². The van der Waals surface area contributed by atoms with Crippen molar-refractivity contribution >= 4 is 29.1 Å². The van der Waals surface area contributed by atoms with E-state index < -0.39 is 0 Å². The lowest BCUT2D eigenvalue weighted by molar-refractivity contribution is -0.117. The lowest BCUT2D eigenvalue weighted by atomic mass is 10.2. The molecule has 0 N–H and O–H groups in total. The van der Waals surface area contributed by atoms with E-state index in [1.165, 1.54) is 0 Å². The highest BCUT2D eigenvalue weighted by molar-refractivity contribution is 7.99. The van der Waals surface area contributed by atoms with Crippen LogP contribution in [-0.4, -0.2) is 32.9 Å². The Balaban J connectivity index is 1.96. The third-order valence-electron chi connectivity index (χ3n) is 4.06. The Morgan fingerprint density at radius 1 is 1.14 bits per heavy atom. The summed E-state index contributed by atoms with van der Waals surface area (Å²) in [6.07, 6.45) is 1.37. The monoisotopic (exact) mass is 415 g/mol. The van der Waals surface area contributed by atoms with Gasteiger partial charge in [-0.1, -0.05) is 35.5 Å².